The lowest BCUT2D eigenvalue weighted by molar-refractivity contribution is -0.144. The standard InChI is InChI=1S/C28H43N3O3/c1-18(26(33)30-17-21-11-7-8-16-29-21)22-12-14-28(3)15-13-23(19(2)24(28)25(22)32)31-27(34)20-9-5-4-6-10-20/h7-8,11,16,18-20,22-25,32H,4-6,9-10,12-15,17H2,1-3H3,(H,30,33)(H,31,34)/t18-,19+,22+,23-,24+,25-,28-/m0/s1. The summed E-state index contributed by atoms with van der Waals surface area (Å²) in [6.07, 6.45) is 10.6. The molecule has 3 fully saturated rings. The average molecular weight is 470 g/mol. The van der Waals surface area contributed by atoms with Crippen LogP contribution in [0, 0.1) is 35.0 Å². The number of carbonyl (C=O) groups excluding carboxylic acids is 2. The second-order valence-electron chi connectivity index (χ2n) is 11.5. The van der Waals surface area contributed by atoms with Crippen LogP contribution in [0.25, 0.3) is 0 Å². The van der Waals surface area contributed by atoms with Gasteiger partial charge in [0.05, 0.1) is 18.3 Å². The van der Waals surface area contributed by atoms with E-state index in [1.165, 1.54) is 6.42 Å². The predicted molar refractivity (Wildman–Crippen MR) is 132 cm³/mol. The minimum atomic E-state index is -0.543. The quantitative estimate of drug-likeness (QED) is 0.582. The zero-order valence-electron chi connectivity index (χ0n) is 21.1. The van der Waals surface area contributed by atoms with Crippen LogP contribution in [0.2, 0.25) is 0 Å². The molecule has 6 heteroatoms. The van der Waals surface area contributed by atoms with Crippen LogP contribution in [-0.4, -0.2) is 34.1 Å². The minimum Gasteiger partial charge on any atom is -0.392 e. The number of aromatic nitrogens is 1. The largest absolute Gasteiger partial charge is 0.392 e. The molecule has 2 amide bonds. The molecule has 3 aliphatic carbocycles. The monoisotopic (exact) mass is 469 g/mol. The van der Waals surface area contributed by atoms with E-state index < -0.39 is 6.10 Å². The molecule has 188 valence electrons. The van der Waals surface area contributed by atoms with E-state index in [1.54, 1.807) is 6.20 Å². The maximum absolute atomic E-state index is 13.0. The van der Waals surface area contributed by atoms with E-state index >= 15 is 0 Å². The van der Waals surface area contributed by atoms with Gasteiger partial charge in [0.25, 0.3) is 0 Å². The van der Waals surface area contributed by atoms with Gasteiger partial charge in [0.15, 0.2) is 0 Å². The highest BCUT2D eigenvalue weighted by Gasteiger charge is 2.54. The van der Waals surface area contributed by atoms with Crippen molar-refractivity contribution < 1.29 is 14.7 Å². The Bertz CT molecular complexity index is 841. The molecule has 0 bridgehead atoms. The number of fused-ring (bicyclic) bond motifs is 1. The Morgan fingerprint density at radius 2 is 1.88 bits per heavy atom. The SMILES string of the molecule is C[C@H]1[C@@H]2[C@@H](O)[C@@H]([C@H](C)C(=O)NCc3ccccn3)CC[C@@]2(C)CC[C@@H]1NC(=O)C1CCCCC1. The number of rotatable bonds is 6. The molecule has 34 heavy (non-hydrogen) atoms. The van der Waals surface area contributed by atoms with Crippen LogP contribution < -0.4 is 10.6 Å². The fourth-order valence-corrected chi connectivity index (χ4v) is 7.20. The van der Waals surface area contributed by atoms with Crippen molar-refractivity contribution in [2.45, 2.75) is 97.2 Å². The number of nitrogens with one attached hydrogen (secondary N) is 2. The highest BCUT2D eigenvalue weighted by molar-refractivity contribution is 5.79. The first-order valence-corrected chi connectivity index (χ1v) is 13.5. The van der Waals surface area contributed by atoms with Gasteiger partial charge in [-0.25, -0.2) is 0 Å². The highest BCUT2D eigenvalue weighted by atomic mass is 16.3. The summed E-state index contributed by atoms with van der Waals surface area (Å²) in [4.78, 5) is 30.2. The number of nitrogens with zero attached hydrogens (tertiary/aromatic N) is 1. The highest BCUT2D eigenvalue weighted by Crippen LogP contribution is 2.55. The fourth-order valence-electron chi connectivity index (χ4n) is 7.20. The molecule has 6 nitrogen and oxygen atoms in total. The minimum absolute atomic E-state index is 0.0241. The van der Waals surface area contributed by atoms with Gasteiger partial charge in [-0.3, -0.25) is 14.6 Å². The maximum atomic E-state index is 13.0. The zero-order valence-corrected chi connectivity index (χ0v) is 21.1. The van der Waals surface area contributed by atoms with Gasteiger partial charge in [-0.2, -0.15) is 0 Å². The first-order chi connectivity index (χ1) is 16.3. The van der Waals surface area contributed by atoms with Crippen molar-refractivity contribution >= 4 is 11.8 Å². The molecular formula is C28H43N3O3. The zero-order chi connectivity index (χ0) is 24.3. The van der Waals surface area contributed by atoms with E-state index in [1.807, 2.05) is 25.1 Å². The molecular weight excluding hydrogens is 426 g/mol. The number of hydrogen-bond donors (Lipinski definition) is 3. The summed E-state index contributed by atoms with van der Waals surface area (Å²) < 4.78 is 0. The predicted octanol–water partition coefficient (Wildman–Crippen LogP) is 4.22. The molecule has 3 saturated carbocycles. The van der Waals surface area contributed by atoms with Crippen LogP contribution in [0.3, 0.4) is 0 Å². The maximum Gasteiger partial charge on any atom is 0.223 e. The molecule has 0 aliphatic heterocycles. The van der Waals surface area contributed by atoms with Crippen LogP contribution >= 0.6 is 0 Å². The van der Waals surface area contributed by atoms with E-state index in [0.29, 0.717) is 6.54 Å². The van der Waals surface area contributed by atoms with Crippen molar-refractivity contribution in [1.29, 1.82) is 0 Å². The number of carbonyl (C=O) groups is 2. The second-order valence-corrected chi connectivity index (χ2v) is 11.5. The Morgan fingerprint density at radius 1 is 1.15 bits per heavy atom. The third kappa shape index (κ3) is 5.32. The summed E-state index contributed by atoms with van der Waals surface area (Å²) in [5.41, 5.74) is 0.892. The number of pyridine rings is 1. The Kier molecular flexibility index (Phi) is 7.96. The van der Waals surface area contributed by atoms with Gasteiger partial charge in [0.2, 0.25) is 11.8 Å². The van der Waals surface area contributed by atoms with Crippen molar-refractivity contribution in [2.24, 2.45) is 35.0 Å². The van der Waals surface area contributed by atoms with E-state index in [4.69, 9.17) is 0 Å². The van der Waals surface area contributed by atoms with Gasteiger partial charge in [-0.05, 0) is 73.8 Å². The van der Waals surface area contributed by atoms with Crippen LogP contribution in [0.5, 0.6) is 0 Å². The van der Waals surface area contributed by atoms with E-state index in [-0.39, 0.29) is 52.9 Å². The van der Waals surface area contributed by atoms with Gasteiger partial charge in [0, 0.05) is 24.1 Å². The van der Waals surface area contributed by atoms with Gasteiger partial charge >= 0.3 is 0 Å². The lowest BCUT2D eigenvalue weighted by Gasteiger charge is -2.56. The van der Waals surface area contributed by atoms with E-state index in [9.17, 15) is 14.7 Å². The second kappa shape index (κ2) is 10.8. The van der Waals surface area contributed by atoms with Gasteiger partial charge in [-0.1, -0.05) is 46.1 Å². The van der Waals surface area contributed by atoms with Crippen molar-refractivity contribution in [1.82, 2.24) is 15.6 Å². The molecule has 0 radical (unpaired) electrons. The number of amides is 2. The topological polar surface area (TPSA) is 91.3 Å². The summed E-state index contributed by atoms with van der Waals surface area (Å²) in [7, 11) is 0. The molecule has 7 atom stereocenters. The molecule has 3 N–H and O–H groups in total. The molecule has 4 rings (SSSR count). The lowest BCUT2D eigenvalue weighted by Crippen LogP contribution is -2.59. The summed E-state index contributed by atoms with van der Waals surface area (Å²) in [6.45, 7) is 6.85. The summed E-state index contributed by atoms with van der Waals surface area (Å²) in [5, 5.41) is 18.0. The van der Waals surface area contributed by atoms with Crippen LogP contribution in [-0.2, 0) is 16.1 Å². The normalized spacial score (nSPS) is 35.1. The fraction of sp³-hybridized carbons (Fsp3) is 0.750. The third-order valence-corrected chi connectivity index (χ3v) is 9.42. The third-order valence-electron chi connectivity index (χ3n) is 9.42. The molecule has 1 heterocycles. The van der Waals surface area contributed by atoms with Crippen molar-refractivity contribution in [2.75, 3.05) is 0 Å². The molecule has 1 aromatic heterocycles. The van der Waals surface area contributed by atoms with Crippen molar-refractivity contribution in [3.05, 3.63) is 30.1 Å². The molecule has 0 spiro atoms. The first-order valence-electron chi connectivity index (χ1n) is 13.5. The molecule has 1 aromatic rings. The van der Waals surface area contributed by atoms with Crippen molar-refractivity contribution in [3.63, 3.8) is 0 Å². The summed E-state index contributed by atoms with van der Waals surface area (Å²) >= 11 is 0. The van der Waals surface area contributed by atoms with Gasteiger partial charge < -0.3 is 15.7 Å². The lowest BCUT2D eigenvalue weighted by atomic mass is 9.51. The number of aliphatic hydroxyl groups excluding tert-OH is 1. The summed E-state index contributed by atoms with van der Waals surface area (Å²) in [6, 6.07) is 5.78. The molecule has 0 unspecified atom stereocenters. The van der Waals surface area contributed by atoms with E-state index in [2.05, 4.69) is 29.5 Å². The Hall–Kier alpha value is -1.95. The van der Waals surface area contributed by atoms with Crippen LogP contribution in [0.1, 0.15) is 84.3 Å². The Balaban J connectivity index is 1.39. The average Bonchev–Trinajstić information content (AvgIpc) is 2.85. The number of hydrogen-bond acceptors (Lipinski definition) is 4. The van der Waals surface area contributed by atoms with Gasteiger partial charge in [0.1, 0.15) is 0 Å². The van der Waals surface area contributed by atoms with Gasteiger partial charge in [-0.15, -0.1) is 0 Å². The molecule has 3 aliphatic rings. The Morgan fingerprint density at radius 3 is 2.59 bits per heavy atom. The molecule has 0 aromatic carbocycles. The Labute approximate surface area is 204 Å². The van der Waals surface area contributed by atoms with E-state index in [0.717, 1.165) is 57.1 Å². The smallest absolute Gasteiger partial charge is 0.223 e. The van der Waals surface area contributed by atoms with Crippen molar-refractivity contribution in [3.8, 4) is 0 Å². The van der Waals surface area contributed by atoms with Crippen LogP contribution in [0.4, 0.5) is 0 Å². The van der Waals surface area contributed by atoms with Crippen LogP contribution in [0.15, 0.2) is 24.4 Å². The molecule has 0 saturated heterocycles. The number of aliphatic hydroxyl groups is 1. The summed E-state index contributed by atoms with van der Waals surface area (Å²) in [5.74, 6) is 0.273. The first kappa shape index (κ1) is 25.2.